The molecule has 5 heteroatoms. The Morgan fingerprint density at radius 1 is 1.28 bits per heavy atom. The Labute approximate surface area is 110 Å². The van der Waals surface area contributed by atoms with Gasteiger partial charge in [0.15, 0.2) is 0 Å². The number of hydrogen-bond acceptors (Lipinski definition) is 5. The molecular formula is C13H25N5. The van der Waals surface area contributed by atoms with Gasteiger partial charge in [0.2, 0.25) is 0 Å². The van der Waals surface area contributed by atoms with Crippen molar-refractivity contribution < 1.29 is 0 Å². The highest BCUT2D eigenvalue weighted by Gasteiger charge is 2.15. The van der Waals surface area contributed by atoms with E-state index in [1.54, 1.807) is 0 Å². The van der Waals surface area contributed by atoms with E-state index in [9.17, 15) is 0 Å². The molecule has 0 amide bonds. The second-order valence-electron chi connectivity index (χ2n) is 5.06. The molecule has 0 saturated heterocycles. The van der Waals surface area contributed by atoms with Crippen molar-refractivity contribution in [2.45, 2.75) is 53.0 Å². The van der Waals surface area contributed by atoms with Crippen molar-refractivity contribution >= 4 is 11.6 Å². The number of rotatable bonds is 6. The van der Waals surface area contributed by atoms with Crippen molar-refractivity contribution in [3.8, 4) is 0 Å². The smallest absolute Gasteiger partial charge is 0.145 e. The molecule has 0 unspecified atom stereocenters. The van der Waals surface area contributed by atoms with Crippen LogP contribution in [0.25, 0.3) is 0 Å². The summed E-state index contributed by atoms with van der Waals surface area (Å²) in [5.74, 6) is 8.20. The van der Waals surface area contributed by atoms with E-state index >= 15 is 0 Å². The van der Waals surface area contributed by atoms with Crippen LogP contribution in [0.15, 0.2) is 6.07 Å². The van der Waals surface area contributed by atoms with Crippen LogP contribution in [0.1, 0.15) is 52.8 Å². The van der Waals surface area contributed by atoms with Crippen LogP contribution >= 0.6 is 0 Å². The third-order valence-corrected chi connectivity index (χ3v) is 2.78. The van der Waals surface area contributed by atoms with Crippen molar-refractivity contribution in [2.75, 3.05) is 16.9 Å². The van der Waals surface area contributed by atoms with Crippen LogP contribution in [0.5, 0.6) is 0 Å². The number of aromatic nitrogens is 2. The summed E-state index contributed by atoms with van der Waals surface area (Å²) in [5.41, 5.74) is 2.62. The topological polar surface area (TPSA) is 67.1 Å². The van der Waals surface area contributed by atoms with Gasteiger partial charge in [0.05, 0.1) is 0 Å². The lowest BCUT2D eigenvalue weighted by Crippen LogP contribution is -2.32. The number of anilines is 2. The molecule has 18 heavy (non-hydrogen) atoms. The molecule has 0 bridgehead atoms. The molecule has 3 N–H and O–H groups in total. The summed E-state index contributed by atoms with van der Waals surface area (Å²) < 4.78 is 0. The number of hydrogen-bond donors (Lipinski definition) is 2. The van der Waals surface area contributed by atoms with Crippen LogP contribution in [0.2, 0.25) is 0 Å². The zero-order valence-corrected chi connectivity index (χ0v) is 12.1. The highest BCUT2D eigenvalue weighted by atomic mass is 15.3. The maximum Gasteiger partial charge on any atom is 0.145 e. The molecule has 102 valence electrons. The summed E-state index contributed by atoms with van der Waals surface area (Å²) in [7, 11) is 0. The Morgan fingerprint density at radius 3 is 2.39 bits per heavy atom. The molecule has 0 aliphatic rings. The minimum absolute atomic E-state index is 0.285. The molecular weight excluding hydrogens is 226 g/mol. The molecule has 1 heterocycles. The lowest BCUT2D eigenvalue weighted by molar-refractivity contribution is 0.653. The van der Waals surface area contributed by atoms with Crippen LogP contribution in [-0.2, 0) is 0 Å². The third-order valence-electron chi connectivity index (χ3n) is 2.78. The molecule has 0 atom stereocenters. The van der Waals surface area contributed by atoms with Gasteiger partial charge in [-0.25, -0.2) is 15.8 Å². The number of nitrogens with two attached hydrogens (primary N) is 1. The average Bonchev–Trinajstić information content (AvgIpc) is 2.34. The Balaban J connectivity index is 3.15. The van der Waals surface area contributed by atoms with E-state index in [4.69, 9.17) is 5.84 Å². The van der Waals surface area contributed by atoms with Crippen LogP contribution in [0, 0.1) is 0 Å². The van der Waals surface area contributed by atoms with E-state index in [2.05, 4.69) is 54.9 Å². The lowest BCUT2D eigenvalue weighted by atomic mass is 10.2. The first kappa shape index (κ1) is 14.7. The monoisotopic (exact) mass is 251 g/mol. The lowest BCUT2D eigenvalue weighted by Gasteiger charge is -2.28. The van der Waals surface area contributed by atoms with E-state index in [-0.39, 0.29) is 5.92 Å². The Hall–Kier alpha value is -1.36. The van der Waals surface area contributed by atoms with Crippen LogP contribution in [0.4, 0.5) is 11.6 Å². The Morgan fingerprint density at radius 2 is 1.94 bits per heavy atom. The van der Waals surface area contributed by atoms with Crippen molar-refractivity contribution in [2.24, 2.45) is 5.84 Å². The molecule has 0 aliphatic heterocycles. The number of nitrogen functional groups attached to an aromatic ring is 1. The molecule has 0 aliphatic carbocycles. The molecule has 0 spiro atoms. The van der Waals surface area contributed by atoms with E-state index in [0.29, 0.717) is 11.9 Å². The highest BCUT2D eigenvalue weighted by molar-refractivity contribution is 5.49. The molecule has 0 saturated carbocycles. The minimum atomic E-state index is 0.285. The van der Waals surface area contributed by atoms with Crippen LogP contribution in [-0.4, -0.2) is 22.6 Å². The summed E-state index contributed by atoms with van der Waals surface area (Å²) in [6, 6.07) is 2.31. The molecule has 1 aromatic heterocycles. The van der Waals surface area contributed by atoms with E-state index < -0.39 is 0 Å². The molecule has 5 nitrogen and oxygen atoms in total. The fourth-order valence-corrected chi connectivity index (χ4v) is 1.81. The molecule has 0 fully saturated rings. The number of hydrazine groups is 1. The summed E-state index contributed by atoms with van der Waals surface area (Å²) in [6.45, 7) is 11.7. The summed E-state index contributed by atoms with van der Waals surface area (Å²) >= 11 is 0. The first-order valence-electron chi connectivity index (χ1n) is 6.61. The second-order valence-corrected chi connectivity index (χ2v) is 5.06. The van der Waals surface area contributed by atoms with E-state index in [0.717, 1.165) is 24.6 Å². The summed E-state index contributed by atoms with van der Waals surface area (Å²) in [4.78, 5) is 11.3. The van der Waals surface area contributed by atoms with Crippen molar-refractivity contribution in [1.29, 1.82) is 0 Å². The zero-order chi connectivity index (χ0) is 13.7. The van der Waals surface area contributed by atoms with Crippen molar-refractivity contribution in [1.82, 2.24) is 9.97 Å². The van der Waals surface area contributed by atoms with E-state index in [1.807, 2.05) is 6.07 Å². The molecule has 0 aromatic carbocycles. The summed E-state index contributed by atoms with van der Waals surface area (Å²) in [5, 5.41) is 0. The number of nitrogens with zero attached hydrogens (tertiary/aromatic N) is 3. The molecule has 1 aromatic rings. The van der Waals surface area contributed by atoms with Gasteiger partial charge in [-0.05, 0) is 20.3 Å². The quantitative estimate of drug-likeness (QED) is 0.600. The first-order valence-corrected chi connectivity index (χ1v) is 6.61. The SMILES string of the molecule is CCCN(c1cc(NN)nc(C(C)C)n1)C(C)C. The van der Waals surface area contributed by atoms with Crippen molar-refractivity contribution in [3.63, 3.8) is 0 Å². The largest absolute Gasteiger partial charge is 0.354 e. The predicted molar refractivity (Wildman–Crippen MR) is 76.7 cm³/mol. The van der Waals surface area contributed by atoms with Gasteiger partial charge in [-0.15, -0.1) is 0 Å². The second kappa shape index (κ2) is 6.54. The van der Waals surface area contributed by atoms with Gasteiger partial charge in [0.25, 0.3) is 0 Å². The predicted octanol–water partition coefficient (Wildman–Crippen LogP) is 2.51. The van der Waals surface area contributed by atoms with Gasteiger partial charge in [-0.3, -0.25) is 0 Å². The van der Waals surface area contributed by atoms with Gasteiger partial charge in [0, 0.05) is 24.6 Å². The summed E-state index contributed by atoms with van der Waals surface area (Å²) in [6.07, 6.45) is 1.09. The fraction of sp³-hybridized carbons (Fsp3) is 0.692. The minimum Gasteiger partial charge on any atom is -0.354 e. The van der Waals surface area contributed by atoms with Gasteiger partial charge < -0.3 is 10.3 Å². The zero-order valence-electron chi connectivity index (χ0n) is 12.1. The Bertz CT molecular complexity index is 376. The van der Waals surface area contributed by atoms with Crippen molar-refractivity contribution in [3.05, 3.63) is 11.9 Å². The Kier molecular flexibility index (Phi) is 5.34. The van der Waals surface area contributed by atoms with E-state index in [1.165, 1.54) is 0 Å². The van der Waals surface area contributed by atoms with Gasteiger partial charge in [-0.1, -0.05) is 20.8 Å². The number of nitrogens with one attached hydrogen (secondary N) is 1. The molecule has 0 radical (unpaired) electrons. The van der Waals surface area contributed by atoms with Crippen LogP contribution in [0.3, 0.4) is 0 Å². The van der Waals surface area contributed by atoms with Crippen LogP contribution < -0.4 is 16.2 Å². The standard InChI is InChI=1S/C13H25N5/c1-6-7-18(10(4)5)12-8-11(17-14)15-13(16-12)9(2)3/h8-10H,6-7,14H2,1-5H3,(H,15,16,17). The van der Waals surface area contributed by atoms with Gasteiger partial charge in [0.1, 0.15) is 17.5 Å². The first-order chi connectivity index (χ1) is 8.49. The maximum atomic E-state index is 5.48. The fourth-order valence-electron chi connectivity index (χ4n) is 1.81. The molecule has 1 rings (SSSR count). The normalized spacial score (nSPS) is 11.1. The van der Waals surface area contributed by atoms with Gasteiger partial charge >= 0.3 is 0 Å². The van der Waals surface area contributed by atoms with Gasteiger partial charge in [-0.2, -0.15) is 0 Å². The average molecular weight is 251 g/mol. The highest BCUT2D eigenvalue weighted by Crippen LogP contribution is 2.21. The maximum absolute atomic E-state index is 5.48. The third kappa shape index (κ3) is 3.57.